The minimum atomic E-state index is 0.431. The molecule has 1 N–H and O–H groups in total. The normalized spacial score (nSPS) is 17.5. The van der Waals surface area contributed by atoms with Crippen LogP contribution < -0.4 is 10.1 Å². The first kappa shape index (κ1) is 12.4. The molecule has 0 aromatic heterocycles. The maximum absolute atomic E-state index is 5.16. The van der Waals surface area contributed by atoms with Crippen molar-refractivity contribution in [3.8, 4) is 5.75 Å². The van der Waals surface area contributed by atoms with E-state index in [0.717, 1.165) is 18.2 Å². The second-order valence-electron chi connectivity index (χ2n) is 5.03. The lowest BCUT2D eigenvalue weighted by molar-refractivity contribution is 0.288. The Balaban J connectivity index is 1.75. The molecule has 2 heteroatoms. The minimum absolute atomic E-state index is 0.431. The van der Waals surface area contributed by atoms with Gasteiger partial charge in [-0.25, -0.2) is 0 Å². The molecule has 1 aliphatic carbocycles. The number of hydrogen-bond donors (Lipinski definition) is 1. The van der Waals surface area contributed by atoms with Crippen molar-refractivity contribution in [3.63, 3.8) is 0 Å². The van der Waals surface area contributed by atoms with Crippen LogP contribution in [-0.4, -0.2) is 13.7 Å². The highest BCUT2D eigenvalue weighted by Gasteiger charge is 2.16. The third-order valence-corrected chi connectivity index (χ3v) is 3.84. The standard InChI is InChI=1S/C15H23NO/c1-12(16-11-10-13-4-3-5-13)14-6-8-15(17-2)9-7-14/h6-9,12-13,16H,3-5,10-11H2,1-2H3. The van der Waals surface area contributed by atoms with Crippen LogP contribution in [0.2, 0.25) is 0 Å². The van der Waals surface area contributed by atoms with E-state index in [4.69, 9.17) is 4.74 Å². The van der Waals surface area contributed by atoms with E-state index in [-0.39, 0.29) is 0 Å². The molecule has 1 atom stereocenters. The van der Waals surface area contributed by atoms with Crippen molar-refractivity contribution < 1.29 is 4.74 Å². The van der Waals surface area contributed by atoms with Crippen LogP contribution in [-0.2, 0) is 0 Å². The topological polar surface area (TPSA) is 21.3 Å². The predicted molar refractivity (Wildman–Crippen MR) is 71.4 cm³/mol. The maximum Gasteiger partial charge on any atom is 0.118 e. The Morgan fingerprint density at radius 2 is 2.00 bits per heavy atom. The van der Waals surface area contributed by atoms with E-state index in [2.05, 4.69) is 24.4 Å². The molecule has 1 aliphatic rings. The average Bonchev–Trinajstić information content (AvgIpc) is 2.32. The Kier molecular flexibility index (Phi) is 4.43. The van der Waals surface area contributed by atoms with Crippen LogP contribution in [0.1, 0.15) is 44.2 Å². The molecule has 0 spiro atoms. The molecule has 1 unspecified atom stereocenters. The van der Waals surface area contributed by atoms with Gasteiger partial charge < -0.3 is 10.1 Å². The van der Waals surface area contributed by atoms with E-state index in [0.29, 0.717) is 6.04 Å². The van der Waals surface area contributed by atoms with E-state index in [9.17, 15) is 0 Å². The van der Waals surface area contributed by atoms with Gasteiger partial charge in [-0.15, -0.1) is 0 Å². The minimum Gasteiger partial charge on any atom is -0.497 e. The van der Waals surface area contributed by atoms with Gasteiger partial charge in [-0.2, -0.15) is 0 Å². The van der Waals surface area contributed by atoms with E-state index >= 15 is 0 Å². The number of methoxy groups -OCH3 is 1. The molecule has 1 aromatic rings. The Bertz CT molecular complexity index is 329. The first-order valence-electron chi connectivity index (χ1n) is 6.67. The second-order valence-corrected chi connectivity index (χ2v) is 5.03. The van der Waals surface area contributed by atoms with Crippen LogP contribution in [0.4, 0.5) is 0 Å². The van der Waals surface area contributed by atoms with Gasteiger partial charge in [0.1, 0.15) is 5.75 Å². The molecule has 1 saturated carbocycles. The highest BCUT2D eigenvalue weighted by atomic mass is 16.5. The molecule has 0 radical (unpaired) electrons. The van der Waals surface area contributed by atoms with Crippen LogP contribution in [0.3, 0.4) is 0 Å². The molecule has 17 heavy (non-hydrogen) atoms. The molecule has 0 aliphatic heterocycles. The average molecular weight is 233 g/mol. The highest BCUT2D eigenvalue weighted by Crippen LogP contribution is 2.29. The first-order valence-corrected chi connectivity index (χ1v) is 6.67. The van der Waals surface area contributed by atoms with Crippen LogP contribution in [0, 0.1) is 5.92 Å². The zero-order valence-electron chi connectivity index (χ0n) is 10.9. The number of benzene rings is 1. The number of hydrogen-bond acceptors (Lipinski definition) is 2. The molecule has 0 bridgehead atoms. The monoisotopic (exact) mass is 233 g/mol. The van der Waals surface area contributed by atoms with Crippen molar-refractivity contribution in [2.24, 2.45) is 5.92 Å². The lowest BCUT2D eigenvalue weighted by Crippen LogP contribution is -2.24. The van der Waals surface area contributed by atoms with Gasteiger partial charge in [0.05, 0.1) is 7.11 Å². The zero-order valence-corrected chi connectivity index (χ0v) is 10.9. The van der Waals surface area contributed by atoms with Crippen LogP contribution in [0.25, 0.3) is 0 Å². The fraction of sp³-hybridized carbons (Fsp3) is 0.600. The van der Waals surface area contributed by atoms with Gasteiger partial charge in [-0.05, 0) is 43.5 Å². The van der Waals surface area contributed by atoms with E-state index in [1.807, 2.05) is 12.1 Å². The van der Waals surface area contributed by atoms with Crippen molar-refractivity contribution in [2.45, 2.75) is 38.6 Å². The molecule has 1 fully saturated rings. The zero-order chi connectivity index (χ0) is 12.1. The van der Waals surface area contributed by atoms with Crippen molar-refractivity contribution >= 4 is 0 Å². The van der Waals surface area contributed by atoms with E-state index in [1.165, 1.54) is 31.2 Å². The van der Waals surface area contributed by atoms with E-state index < -0.39 is 0 Å². The van der Waals surface area contributed by atoms with Gasteiger partial charge in [-0.1, -0.05) is 31.4 Å². The fourth-order valence-electron chi connectivity index (χ4n) is 2.30. The number of nitrogens with one attached hydrogen (secondary N) is 1. The molecule has 0 amide bonds. The summed E-state index contributed by atoms with van der Waals surface area (Å²) in [6, 6.07) is 8.76. The molecule has 2 nitrogen and oxygen atoms in total. The quantitative estimate of drug-likeness (QED) is 0.811. The van der Waals surface area contributed by atoms with Crippen molar-refractivity contribution in [1.82, 2.24) is 5.32 Å². The molecule has 0 heterocycles. The summed E-state index contributed by atoms with van der Waals surface area (Å²) in [6.07, 6.45) is 5.66. The summed E-state index contributed by atoms with van der Waals surface area (Å²) in [4.78, 5) is 0. The van der Waals surface area contributed by atoms with Gasteiger partial charge in [0, 0.05) is 6.04 Å². The Morgan fingerprint density at radius 1 is 1.29 bits per heavy atom. The first-order chi connectivity index (χ1) is 8.29. The number of rotatable bonds is 6. The second kappa shape index (κ2) is 6.06. The van der Waals surface area contributed by atoms with Gasteiger partial charge in [0.2, 0.25) is 0 Å². The highest BCUT2D eigenvalue weighted by molar-refractivity contribution is 5.28. The summed E-state index contributed by atoms with van der Waals surface area (Å²) in [5.74, 6) is 1.92. The van der Waals surface area contributed by atoms with E-state index in [1.54, 1.807) is 7.11 Å². The SMILES string of the molecule is COc1ccc(C(C)NCCC2CCC2)cc1. The summed E-state index contributed by atoms with van der Waals surface area (Å²) in [7, 11) is 1.70. The predicted octanol–water partition coefficient (Wildman–Crippen LogP) is 3.54. The number of ether oxygens (including phenoxy) is 1. The van der Waals surface area contributed by atoms with Crippen LogP contribution in [0.5, 0.6) is 5.75 Å². The Hall–Kier alpha value is -1.02. The summed E-state index contributed by atoms with van der Waals surface area (Å²) in [5, 5.41) is 3.59. The molecule has 1 aromatic carbocycles. The third-order valence-electron chi connectivity index (χ3n) is 3.84. The molecular weight excluding hydrogens is 210 g/mol. The summed E-state index contributed by atoms with van der Waals surface area (Å²) in [6.45, 7) is 3.36. The van der Waals surface area contributed by atoms with Gasteiger partial charge >= 0.3 is 0 Å². The molecule has 94 valence electrons. The summed E-state index contributed by atoms with van der Waals surface area (Å²) >= 11 is 0. The largest absolute Gasteiger partial charge is 0.497 e. The van der Waals surface area contributed by atoms with Crippen molar-refractivity contribution in [1.29, 1.82) is 0 Å². The molecule has 0 saturated heterocycles. The lowest BCUT2D eigenvalue weighted by atomic mass is 9.83. The summed E-state index contributed by atoms with van der Waals surface area (Å²) < 4.78 is 5.16. The fourth-order valence-corrected chi connectivity index (χ4v) is 2.30. The van der Waals surface area contributed by atoms with Crippen molar-refractivity contribution in [3.05, 3.63) is 29.8 Å². The maximum atomic E-state index is 5.16. The third kappa shape index (κ3) is 3.47. The Labute approximate surface area is 104 Å². The van der Waals surface area contributed by atoms with Crippen LogP contribution >= 0.6 is 0 Å². The van der Waals surface area contributed by atoms with Crippen molar-refractivity contribution in [2.75, 3.05) is 13.7 Å². The van der Waals surface area contributed by atoms with Gasteiger partial charge in [0.25, 0.3) is 0 Å². The van der Waals surface area contributed by atoms with Gasteiger partial charge in [-0.3, -0.25) is 0 Å². The smallest absolute Gasteiger partial charge is 0.118 e. The van der Waals surface area contributed by atoms with Gasteiger partial charge in [0.15, 0.2) is 0 Å². The summed E-state index contributed by atoms with van der Waals surface area (Å²) in [5.41, 5.74) is 1.33. The van der Waals surface area contributed by atoms with Crippen LogP contribution in [0.15, 0.2) is 24.3 Å². The Morgan fingerprint density at radius 3 is 2.53 bits per heavy atom. The lowest BCUT2D eigenvalue weighted by Gasteiger charge is -2.26. The molecule has 2 rings (SSSR count). The molecular formula is C15H23NO.